The minimum absolute atomic E-state index is 0.131. The molecule has 2 aliphatic rings. The van der Waals surface area contributed by atoms with Gasteiger partial charge in [-0.3, -0.25) is 14.4 Å². The normalized spacial score (nSPS) is 18.4. The lowest BCUT2D eigenvalue weighted by atomic mass is 10.2. The maximum absolute atomic E-state index is 13.0. The van der Waals surface area contributed by atoms with Crippen molar-refractivity contribution in [3.05, 3.63) is 47.3 Å². The molecule has 2 aromatic rings. The van der Waals surface area contributed by atoms with Crippen LogP contribution in [-0.4, -0.2) is 56.8 Å². The largest absolute Gasteiger partial charge is 0.492 e. The molecule has 2 aliphatic heterocycles. The molecule has 0 fully saturated rings. The molecular formula is C21H28N4O3. The molecule has 1 aromatic heterocycles. The van der Waals surface area contributed by atoms with Gasteiger partial charge in [-0.05, 0) is 25.0 Å². The first-order valence-corrected chi connectivity index (χ1v) is 10.1. The van der Waals surface area contributed by atoms with Gasteiger partial charge in [-0.1, -0.05) is 25.1 Å². The van der Waals surface area contributed by atoms with Crippen LogP contribution in [0, 0.1) is 0 Å². The molecular weight excluding hydrogens is 356 g/mol. The lowest BCUT2D eigenvalue weighted by Gasteiger charge is -2.25. The summed E-state index contributed by atoms with van der Waals surface area (Å²) in [5.41, 5.74) is 2.82. The van der Waals surface area contributed by atoms with E-state index in [0.717, 1.165) is 49.6 Å². The average Bonchev–Trinajstić information content (AvgIpc) is 2.87. The Labute approximate surface area is 165 Å². The molecule has 0 radical (unpaired) electrons. The fraction of sp³-hybridized carbons (Fsp3) is 0.524. The summed E-state index contributed by atoms with van der Waals surface area (Å²) in [6.07, 6.45) is 0.965. The van der Waals surface area contributed by atoms with Crippen LogP contribution in [0.1, 0.15) is 42.8 Å². The number of aliphatic hydroxyl groups excluding tert-OH is 1. The first-order chi connectivity index (χ1) is 13.6. The molecule has 0 saturated carbocycles. The number of carbonyl (C=O) groups is 1. The van der Waals surface area contributed by atoms with Gasteiger partial charge in [0.15, 0.2) is 0 Å². The molecule has 0 aliphatic carbocycles. The van der Waals surface area contributed by atoms with E-state index in [-0.39, 0.29) is 5.91 Å². The molecule has 4 rings (SSSR count). The maximum atomic E-state index is 13.0. The summed E-state index contributed by atoms with van der Waals surface area (Å²) in [7, 11) is 0. The number of nitrogens with zero attached hydrogens (tertiary/aromatic N) is 4. The van der Waals surface area contributed by atoms with E-state index in [0.29, 0.717) is 31.8 Å². The van der Waals surface area contributed by atoms with Crippen molar-refractivity contribution in [3.8, 4) is 5.75 Å². The summed E-state index contributed by atoms with van der Waals surface area (Å²) in [5.74, 6) is 1.05. The molecule has 150 valence electrons. The lowest BCUT2D eigenvalue weighted by molar-refractivity contribution is -0.133. The lowest BCUT2D eigenvalue weighted by Crippen LogP contribution is -2.40. The number of hydrogen-bond acceptors (Lipinski definition) is 5. The molecule has 1 aromatic carbocycles. The van der Waals surface area contributed by atoms with Crippen molar-refractivity contribution in [1.29, 1.82) is 0 Å². The Morgan fingerprint density at radius 1 is 1.25 bits per heavy atom. The molecule has 3 heterocycles. The quantitative estimate of drug-likeness (QED) is 0.873. The van der Waals surface area contributed by atoms with E-state index in [2.05, 4.69) is 16.1 Å². The van der Waals surface area contributed by atoms with Gasteiger partial charge in [0.1, 0.15) is 12.4 Å². The highest BCUT2D eigenvalue weighted by Crippen LogP contribution is 2.23. The Hall–Kier alpha value is -2.38. The Morgan fingerprint density at radius 3 is 2.96 bits per heavy atom. The molecule has 0 spiro atoms. The van der Waals surface area contributed by atoms with Crippen LogP contribution in [0.5, 0.6) is 5.75 Å². The Kier molecular flexibility index (Phi) is 5.64. The van der Waals surface area contributed by atoms with Gasteiger partial charge in [0.05, 0.1) is 30.6 Å². The number of aryl methyl sites for hydroxylation is 1. The summed E-state index contributed by atoms with van der Waals surface area (Å²) >= 11 is 0. The van der Waals surface area contributed by atoms with Crippen LogP contribution in [0.3, 0.4) is 0 Å². The van der Waals surface area contributed by atoms with Crippen LogP contribution in [0.2, 0.25) is 0 Å². The SMILES string of the molecule is CC[C@@H](O)c1cc2n(n1)CCCN(C(=O)CN1CCOc3ccccc3C1)C2. The summed E-state index contributed by atoms with van der Waals surface area (Å²) in [4.78, 5) is 17.1. The number of aliphatic hydroxyl groups is 1. The Bertz CT molecular complexity index is 835. The molecule has 28 heavy (non-hydrogen) atoms. The van der Waals surface area contributed by atoms with E-state index >= 15 is 0 Å². The van der Waals surface area contributed by atoms with Gasteiger partial charge in [-0.2, -0.15) is 5.10 Å². The van der Waals surface area contributed by atoms with Gasteiger partial charge in [0.2, 0.25) is 5.91 Å². The first-order valence-electron chi connectivity index (χ1n) is 10.1. The molecule has 7 heteroatoms. The van der Waals surface area contributed by atoms with Gasteiger partial charge in [-0.15, -0.1) is 0 Å². The fourth-order valence-electron chi connectivity index (χ4n) is 3.88. The third kappa shape index (κ3) is 4.05. The van der Waals surface area contributed by atoms with E-state index in [4.69, 9.17) is 4.74 Å². The van der Waals surface area contributed by atoms with Crippen molar-refractivity contribution in [2.45, 2.75) is 45.5 Å². The number of fused-ring (bicyclic) bond motifs is 2. The van der Waals surface area contributed by atoms with Crippen molar-refractivity contribution in [3.63, 3.8) is 0 Å². The van der Waals surface area contributed by atoms with E-state index < -0.39 is 6.10 Å². The van der Waals surface area contributed by atoms with Crippen LogP contribution >= 0.6 is 0 Å². The summed E-state index contributed by atoms with van der Waals surface area (Å²) in [6.45, 7) is 6.43. The highest BCUT2D eigenvalue weighted by Gasteiger charge is 2.24. The monoisotopic (exact) mass is 384 g/mol. The molecule has 7 nitrogen and oxygen atoms in total. The highest BCUT2D eigenvalue weighted by molar-refractivity contribution is 5.78. The number of ether oxygens (including phenoxy) is 1. The smallest absolute Gasteiger partial charge is 0.237 e. The first kappa shape index (κ1) is 19.0. The molecule has 1 atom stereocenters. The van der Waals surface area contributed by atoms with Crippen LogP contribution < -0.4 is 4.74 Å². The number of amides is 1. The summed E-state index contributed by atoms with van der Waals surface area (Å²) in [6, 6.07) is 9.97. The van der Waals surface area contributed by atoms with Gasteiger partial charge < -0.3 is 14.7 Å². The van der Waals surface area contributed by atoms with Gasteiger partial charge in [0.25, 0.3) is 0 Å². The third-order valence-electron chi connectivity index (χ3n) is 5.50. The average molecular weight is 384 g/mol. The van der Waals surface area contributed by atoms with Crippen molar-refractivity contribution in [2.24, 2.45) is 0 Å². The van der Waals surface area contributed by atoms with Gasteiger partial charge in [-0.25, -0.2) is 0 Å². The van der Waals surface area contributed by atoms with Crippen LogP contribution in [-0.2, 0) is 24.4 Å². The van der Waals surface area contributed by atoms with Gasteiger partial charge in [0, 0.05) is 31.7 Å². The van der Waals surface area contributed by atoms with Gasteiger partial charge >= 0.3 is 0 Å². The maximum Gasteiger partial charge on any atom is 0.237 e. The second kappa shape index (κ2) is 8.32. The van der Waals surface area contributed by atoms with E-state index in [1.807, 2.05) is 40.8 Å². The molecule has 0 unspecified atom stereocenters. The van der Waals surface area contributed by atoms with Crippen LogP contribution in [0.25, 0.3) is 0 Å². The van der Waals surface area contributed by atoms with E-state index in [9.17, 15) is 9.90 Å². The van der Waals surface area contributed by atoms with Crippen molar-refractivity contribution in [2.75, 3.05) is 26.2 Å². The minimum atomic E-state index is -0.541. The van der Waals surface area contributed by atoms with Crippen LogP contribution in [0.4, 0.5) is 0 Å². The number of benzene rings is 1. The Balaban J connectivity index is 1.43. The summed E-state index contributed by atoms with van der Waals surface area (Å²) < 4.78 is 7.75. The molecule has 0 saturated heterocycles. The van der Waals surface area contributed by atoms with Crippen molar-refractivity contribution >= 4 is 5.91 Å². The fourth-order valence-corrected chi connectivity index (χ4v) is 3.88. The number of hydrogen-bond donors (Lipinski definition) is 1. The van der Waals surface area contributed by atoms with Crippen molar-refractivity contribution in [1.82, 2.24) is 19.6 Å². The van der Waals surface area contributed by atoms with E-state index in [1.165, 1.54) is 0 Å². The van der Waals surface area contributed by atoms with Crippen LogP contribution in [0.15, 0.2) is 30.3 Å². The number of para-hydroxylation sites is 1. The molecule has 1 N–H and O–H groups in total. The topological polar surface area (TPSA) is 70.8 Å². The number of carbonyl (C=O) groups excluding carboxylic acids is 1. The zero-order valence-electron chi connectivity index (χ0n) is 16.4. The Morgan fingerprint density at radius 2 is 2.11 bits per heavy atom. The van der Waals surface area contributed by atoms with Crippen molar-refractivity contribution < 1.29 is 14.6 Å². The molecule has 0 bridgehead atoms. The number of rotatable bonds is 4. The minimum Gasteiger partial charge on any atom is -0.492 e. The predicted molar refractivity (Wildman–Crippen MR) is 105 cm³/mol. The standard InChI is InChI=1S/C21H28N4O3/c1-2-19(26)18-12-17-14-24(8-5-9-25(17)22-18)21(27)15-23-10-11-28-20-7-4-3-6-16(20)13-23/h3-4,6-7,12,19,26H,2,5,8-11,13-15H2,1H3/t19-/m1/s1. The highest BCUT2D eigenvalue weighted by atomic mass is 16.5. The predicted octanol–water partition coefficient (Wildman–Crippen LogP) is 1.95. The third-order valence-corrected chi connectivity index (χ3v) is 5.50. The summed E-state index contributed by atoms with van der Waals surface area (Å²) in [5, 5.41) is 14.6. The second-order valence-corrected chi connectivity index (χ2v) is 7.54. The zero-order chi connectivity index (χ0) is 19.5. The molecule has 1 amide bonds. The number of aromatic nitrogens is 2. The second-order valence-electron chi connectivity index (χ2n) is 7.54. The van der Waals surface area contributed by atoms with E-state index in [1.54, 1.807) is 0 Å². The zero-order valence-corrected chi connectivity index (χ0v) is 16.4.